The molecule has 1 aliphatic heterocycles. The second kappa shape index (κ2) is 5.51. The van der Waals surface area contributed by atoms with Crippen LogP contribution in [0.4, 0.5) is 0 Å². The molecule has 106 valence electrons. The molecule has 1 atom stereocenters. The van der Waals surface area contributed by atoms with Crippen molar-refractivity contribution in [1.29, 1.82) is 0 Å². The number of piperidine rings is 1. The first kappa shape index (κ1) is 14.3. The Bertz CT molecular complexity index is 554. The van der Waals surface area contributed by atoms with Gasteiger partial charge in [0.05, 0.1) is 12.0 Å². The molecule has 0 N–H and O–H groups in total. The molecular weight excluding hydrogens is 262 g/mol. The van der Waals surface area contributed by atoms with Crippen molar-refractivity contribution in [3.8, 4) is 5.75 Å². The summed E-state index contributed by atoms with van der Waals surface area (Å²) in [7, 11) is -1.78. The van der Waals surface area contributed by atoms with Crippen LogP contribution in [0.25, 0.3) is 0 Å². The van der Waals surface area contributed by atoms with Crippen molar-refractivity contribution in [2.24, 2.45) is 5.92 Å². The van der Waals surface area contributed by atoms with Crippen molar-refractivity contribution in [3.63, 3.8) is 0 Å². The van der Waals surface area contributed by atoms with Gasteiger partial charge < -0.3 is 4.74 Å². The lowest BCUT2D eigenvalue weighted by atomic mass is 10.0. The third-order valence-electron chi connectivity index (χ3n) is 3.62. The van der Waals surface area contributed by atoms with Crippen LogP contribution in [0.15, 0.2) is 23.1 Å². The van der Waals surface area contributed by atoms with Gasteiger partial charge in [-0.1, -0.05) is 6.92 Å². The molecule has 0 radical (unpaired) electrons. The molecule has 0 amide bonds. The van der Waals surface area contributed by atoms with Crippen molar-refractivity contribution >= 4 is 10.0 Å². The molecule has 19 heavy (non-hydrogen) atoms. The quantitative estimate of drug-likeness (QED) is 0.856. The van der Waals surface area contributed by atoms with Gasteiger partial charge in [0, 0.05) is 13.1 Å². The fourth-order valence-electron chi connectivity index (χ4n) is 2.53. The van der Waals surface area contributed by atoms with Gasteiger partial charge in [-0.15, -0.1) is 0 Å². The van der Waals surface area contributed by atoms with E-state index in [0.29, 0.717) is 29.7 Å². The van der Waals surface area contributed by atoms with Gasteiger partial charge in [-0.05, 0) is 49.4 Å². The van der Waals surface area contributed by atoms with Gasteiger partial charge in [-0.25, -0.2) is 8.42 Å². The van der Waals surface area contributed by atoms with E-state index in [2.05, 4.69) is 6.92 Å². The number of rotatable bonds is 3. The highest BCUT2D eigenvalue weighted by atomic mass is 32.2. The molecular formula is C14H21NO3S. The summed E-state index contributed by atoms with van der Waals surface area (Å²) in [4.78, 5) is 0.361. The van der Waals surface area contributed by atoms with Gasteiger partial charge in [0.1, 0.15) is 5.75 Å². The second-order valence-electron chi connectivity index (χ2n) is 5.24. The topological polar surface area (TPSA) is 46.6 Å². The monoisotopic (exact) mass is 283 g/mol. The minimum atomic E-state index is -3.36. The Kier molecular flexibility index (Phi) is 4.16. The van der Waals surface area contributed by atoms with Crippen LogP contribution < -0.4 is 4.74 Å². The average Bonchev–Trinajstić information content (AvgIpc) is 2.38. The summed E-state index contributed by atoms with van der Waals surface area (Å²) in [6.45, 7) is 5.20. The van der Waals surface area contributed by atoms with E-state index in [-0.39, 0.29) is 0 Å². The summed E-state index contributed by atoms with van der Waals surface area (Å²) >= 11 is 0. The third-order valence-corrected chi connectivity index (χ3v) is 5.48. The van der Waals surface area contributed by atoms with Crippen LogP contribution in [-0.2, 0) is 10.0 Å². The highest BCUT2D eigenvalue weighted by Gasteiger charge is 2.28. The number of sulfonamides is 1. The molecule has 1 aliphatic rings. The Morgan fingerprint density at radius 2 is 2.11 bits per heavy atom. The number of methoxy groups -OCH3 is 1. The molecule has 1 heterocycles. The molecule has 5 heteroatoms. The van der Waals surface area contributed by atoms with Gasteiger partial charge in [0.15, 0.2) is 0 Å². The normalized spacial score (nSPS) is 21.3. The fourth-order valence-corrected chi connectivity index (χ4v) is 4.21. The summed E-state index contributed by atoms with van der Waals surface area (Å²) in [6.07, 6.45) is 2.04. The lowest BCUT2D eigenvalue weighted by Gasteiger charge is -2.30. The largest absolute Gasteiger partial charge is 0.496 e. The molecule has 1 saturated heterocycles. The van der Waals surface area contributed by atoms with Crippen molar-refractivity contribution in [2.75, 3.05) is 20.2 Å². The number of hydrogen-bond donors (Lipinski definition) is 0. The SMILES string of the molecule is COc1ccc(S(=O)(=O)N2CCC[C@@H](C)C2)cc1C. The van der Waals surface area contributed by atoms with Crippen LogP contribution in [0.3, 0.4) is 0 Å². The standard InChI is InChI=1S/C14H21NO3S/c1-11-5-4-8-15(10-11)19(16,17)13-6-7-14(18-3)12(2)9-13/h6-7,9,11H,4-5,8,10H2,1-3H3/t11-/m1/s1. The summed E-state index contributed by atoms with van der Waals surface area (Å²) in [5.41, 5.74) is 0.841. The van der Waals surface area contributed by atoms with E-state index in [1.54, 1.807) is 29.6 Å². The third kappa shape index (κ3) is 2.92. The Morgan fingerprint density at radius 1 is 1.37 bits per heavy atom. The second-order valence-corrected chi connectivity index (χ2v) is 7.18. The zero-order valence-corrected chi connectivity index (χ0v) is 12.5. The first-order valence-electron chi connectivity index (χ1n) is 6.60. The first-order chi connectivity index (χ1) is 8.95. The van der Waals surface area contributed by atoms with Crippen molar-refractivity contribution in [1.82, 2.24) is 4.31 Å². The summed E-state index contributed by atoms with van der Waals surface area (Å²) in [5.74, 6) is 1.15. The van der Waals surface area contributed by atoms with E-state index in [1.807, 2.05) is 6.92 Å². The van der Waals surface area contributed by atoms with E-state index in [9.17, 15) is 8.42 Å². The zero-order valence-electron chi connectivity index (χ0n) is 11.7. The summed E-state index contributed by atoms with van der Waals surface area (Å²) in [5, 5.41) is 0. The van der Waals surface area contributed by atoms with Gasteiger partial charge in [0.2, 0.25) is 10.0 Å². The number of hydrogen-bond acceptors (Lipinski definition) is 3. The maximum Gasteiger partial charge on any atom is 0.243 e. The van der Waals surface area contributed by atoms with Gasteiger partial charge in [0.25, 0.3) is 0 Å². The van der Waals surface area contributed by atoms with Crippen molar-refractivity contribution < 1.29 is 13.2 Å². The minimum absolute atomic E-state index is 0.361. The van der Waals surface area contributed by atoms with Gasteiger partial charge >= 0.3 is 0 Å². The van der Waals surface area contributed by atoms with Crippen LogP contribution in [0.1, 0.15) is 25.3 Å². The van der Waals surface area contributed by atoms with E-state index in [1.165, 1.54) is 0 Å². The highest BCUT2D eigenvalue weighted by molar-refractivity contribution is 7.89. The Labute approximate surface area is 115 Å². The lowest BCUT2D eigenvalue weighted by molar-refractivity contribution is 0.281. The highest BCUT2D eigenvalue weighted by Crippen LogP contribution is 2.26. The predicted octanol–water partition coefficient (Wildman–Crippen LogP) is 2.42. The van der Waals surface area contributed by atoms with Crippen LogP contribution in [0.5, 0.6) is 5.75 Å². The van der Waals surface area contributed by atoms with Crippen LogP contribution in [0.2, 0.25) is 0 Å². The molecule has 0 saturated carbocycles. The number of nitrogens with zero attached hydrogens (tertiary/aromatic N) is 1. The summed E-state index contributed by atoms with van der Waals surface area (Å²) in [6, 6.07) is 5.03. The van der Waals surface area contributed by atoms with Crippen LogP contribution >= 0.6 is 0 Å². The predicted molar refractivity (Wildman–Crippen MR) is 74.9 cm³/mol. The maximum atomic E-state index is 12.6. The molecule has 0 aromatic heterocycles. The molecule has 4 nitrogen and oxygen atoms in total. The number of aryl methyl sites for hydroxylation is 1. The Morgan fingerprint density at radius 3 is 2.68 bits per heavy atom. The van der Waals surface area contributed by atoms with Crippen LogP contribution in [0, 0.1) is 12.8 Å². The zero-order chi connectivity index (χ0) is 14.0. The van der Waals surface area contributed by atoms with E-state index in [4.69, 9.17) is 4.74 Å². The molecule has 0 bridgehead atoms. The average molecular weight is 283 g/mol. The Hall–Kier alpha value is -1.07. The minimum Gasteiger partial charge on any atom is -0.496 e. The van der Waals surface area contributed by atoms with E-state index < -0.39 is 10.0 Å². The van der Waals surface area contributed by atoms with Crippen molar-refractivity contribution in [2.45, 2.75) is 31.6 Å². The van der Waals surface area contributed by atoms with Crippen molar-refractivity contribution in [3.05, 3.63) is 23.8 Å². The van der Waals surface area contributed by atoms with E-state index in [0.717, 1.165) is 18.4 Å². The molecule has 0 spiro atoms. The molecule has 2 rings (SSSR count). The molecule has 1 aromatic carbocycles. The molecule has 1 aromatic rings. The number of ether oxygens (including phenoxy) is 1. The summed E-state index contributed by atoms with van der Waals surface area (Å²) < 4.78 is 31.9. The molecule has 0 aliphatic carbocycles. The smallest absolute Gasteiger partial charge is 0.243 e. The Balaban J connectivity index is 2.31. The molecule has 0 unspecified atom stereocenters. The van der Waals surface area contributed by atoms with Gasteiger partial charge in [-0.2, -0.15) is 4.31 Å². The maximum absolute atomic E-state index is 12.6. The molecule has 1 fully saturated rings. The lowest BCUT2D eigenvalue weighted by Crippen LogP contribution is -2.39. The van der Waals surface area contributed by atoms with Gasteiger partial charge in [-0.3, -0.25) is 0 Å². The first-order valence-corrected chi connectivity index (χ1v) is 8.04. The van der Waals surface area contributed by atoms with Crippen LogP contribution in [-0.4, -0.2) is 32.9 Å². The van der Waals surface area contributed by atoms with E-state index >= 15 is 0 Å². The number of benzene rings is 1. The fraction of sp³-hybridized carbons (Fsp3) is 0.571.